The lowest BCUT2D eigenvalue weighted by atomic mass is 9.80. The highest BCUT2D eigenvalue weighted by molar-refractivity contribution is 7.10. The van der Waals surface area contributed by atoms with Crippen LogP contribution in [0.4, 0.5) is 0 Å². The van der Waals surface area contributed by atoms with E-state index in [2.05, 4.69) is 11.4 Å². The fourth-order valence-corrected chi connectivity index (χ4v) is 5.58. The van der Waals surface area contributed by atoms with Crippen LogP contribution in [0.15, 0.2) is 41.8 Å². The number of methoxy groups -OCH3 is 1. The molecule has 2 atom stereocenters. The zero-order valence-electron chi connectivity index (χ0n) is 16.8. The molecule has 1 aromatic carbocycles. The van der Waals surface area contributed by atoms with Gasteiger partial charge in [0.2, 0.25) is 5.91 Å². The first-order valence-electron chi connectivity index (χ1n) is 10.4. The maximum Gasteiger partial charge on any atom is 0.254 e. The molecular formula is C23H28N2O3S. The minimum Gasteiger partial charge on any atom is -0.385 e. The molecule has 0 spiro atoms. The average molecular weight is 413 g/mol. The van der Waals surface area contributed by atoms with E-state index in [1.54, 1.807) is 18.4 Å². The second kappa shape index (κ2) is 9.09. The Bertz CT molecular complexity index is 846. The summed E-state index contributed by atoms with van der Waals surface area (Å²) in [6.07, 6.45) is 5.07. The van der Waals surface area contributed by atoms with Gasteiger partial charge in [-0.15, -0.1) is 11.3 Å². The Morgan fingerprint density at radius 2 is 2.00 bits per heavy atom. The van der Waals surface area contributed by atoms with Crippen LogP contribution in [-0.2, 0) is 9.53 Å². The molecule has 5 nitrogen and oxygen atoms in total. The zero-order chi connectivity index (χ0) is 20.2. The van der Waals surface area contributed by atoms with Crippen molar-refractivity contribution in [2.75, 3.05) is 20.3 Å². The van der Waals surface area contributed by atoms with E-state index in [4.69, 9.17) is 4.74 Å². The summed E-state index contributed by atoms with van der Waals surface area (Å²) in [5, 5.41) is 5.12. The summed E-state index contributed by atoms with van der Waals surface area (Å²) in [6, 6.07) is 11.6. The summed E-state index contributed by atoms with van der Waals surface area (Å²) in [6.45, 7) is 1.18. The van der Waals surface area contributed by atoms with Crippen molar-refractivity contribution in [3.05, 3.63) is 57.8 Å². The van der Waals surface area contributed by atoms with Gasteiger partial charge in [0.05, 0.1) is 12.0 Å². The van der Waals surface area contributed by atoms with Crippen LogP contribution >= 0.6 is 11.3 Å². The summed E-state index contributed by atoms with van der Waals surface area (Å²) < 4.78 is 5.10. The van der Waals surface area contributed by atoms with Crippen LogP contribution in [0, 0.1) is 0 Å². The Labute approximate surface area is 176 Å². The van der Waals surface area contributed by atoms with Crippen LogP contribution in [0.5, 0.6) is 0 Å². The summed E-state index contributed by atoms with van der Waals surface area (Å²) in [5.74, 6) is -0.345. The zero-order valence-corrected chi connectivity index (χ0v) is 17.6. The van der Waals surface area contributed by atoms with E-state index in [0.717, 1.165) is 42.5 Å². The molecule has 2 aromatic rings. The van der Waals surface area contributed by atoms with Gasteiger partial charge in [0, 0.05) is 36.7 Å². The monoisotopic (exact) mass is 412 g/mol. The second-order valence-corrected chi connectivity index (χ2v) is 8.79. The van der Waals surface area contributed by atoms with E-state index in [0.29, 0.717) is 18.7 Å². The first kappa shape index (κ1) is 20.1. The number of ether oxygens (including phenoxy) is 1. The molecule has 1 aliphatic carbocycles. The number of fused-ring (bicyclic) bond motifs is 1. The van der Waals surface area contributed by atoms with Gasteiger partial charge in [-0.25, -0.2) is 0 Å². The van der Waals surface area contributed by atoms with Gasteiger partial charge in [-0.3, -0.25) is 9.59 Å². The molecule has 2 amide bonds. The maximum atomic E-state index is 13.6. The van der Waals surface area contributed by atoms with E-state index in [9.17, 15) is 9.59 Å². The van der Waals surface area contributed by atoms with E-state index in [1.807, 2.05) is 40.6 Å². The number of rotatable bonds is 7. The summed E-state index contributed by atoms with van der Waals surface area (Å²) in [7, 11) is 1.66. The normalized spacial score (nSPS) is 22.0. The molecular weight excluding hydrogens is 384 g/mol. The number of thiophene rings is 1. The van der Waals surface area contributed by atoms with E-state index in [1.165, 1.54) is 0 Å². The van der Waals surface area contributed by atoms with Crippen molar-refractivity contribution < 1.29 is 14.3 Å². The fraction of sp³-hybridized carbons (Fsp3) is 0.478. The second-order valence-electron chi connectivity index (χ2n) is 7.81. The van der Waals surface area contributed by atoms with Gasteiger partial charge in [0.1, 0.15) is 0 Å². The Kier molecular flexibility index (Phi) is 6.31. The number of nitrogens with one attached hydrogen (secondary N) is 1. The first-order valence-corrected chi connectivity index (χ1v) is 11.3. The summed E-state index contributed by atoms with van der Waals surface area (Å²) in [4.78, 5) is 30.1. The highest BCUT2D eigenvalue weighted by Crippen LogP contribution is 2.47. The van der Waals surface area contributed by atoms with E-state index >= 15 is 0 Å². The molecule has 6 heteroatoms. The maximum absolute atomic E-state index is 13.6. The number of carbonyl (C=O) groups excluding carboxylic acids is 2. The molecule has 1 fully saturated rings. The van der Waals surface area contributed by atoms with Crippen molar-refractivity contribution in [3.63, 3.8) is 0 Å². The van der Waals surface area contributed by atoms with Crippen molar-refractivity contribution in [3.8, 4) is 0 Å². The predicted molar refractivity (Wildman–Crippen MR) is 114 cm³/mol. The van der Waals surface area contributed by atoms with Crippen LogP contribution in [0.1, 0.15) is 64.9 Å². The standard InChI is InChI=1S/C23H28N2O3S/c1-28-14-7-13-24-22(26)20-17-10-4-5-11-18(17)23(27)25(16-8-2-3-9-16)21(20)19-12-6-15-29-19/h4-6,10-12,15-16,20-21H,2-3,7-9,13-14H2,1H3,(H,24,26)/t20-,21+/m0/s1. The SMILES string of the molecule is COCCCNC(=O)[C@H]1c2ccccc2C(=O)N(C2CCCC2)[C@@H]1c1cccs1. The molecule has 1 aromatic heterocycles. The Balaban J connectivity index is 1.74. The smallest absolute Gasteiger partial charge is 0.254 e. The number of hydrogen-bond donors (Lipinski definition) is 1. The molecule has 2 aliphatic rings. The molecule has 29 heavy (non-hydrogen) atoms. The Morgan fingerprint density at radius 1 is 1.21 bits per heavy atom. The van der Waals surface area contributed by atoms with Crippen LogP contribution < -0.4 is 5.32 Å². The number of nitrogens with zero attached hydrogens (tertiary/aromatic N) is 1. The Morgan fingerprint density at radius 3 is 2.72 bits per heavy atom. The lowest BCUT2D eigenvalue weighted by molar-refractivity contribution is -0.124. The predicted octanol–water partition coefficient (Wildman–Crippen LogP) is 4.12. The van der Waals surface area contributed by atoms with Crippen LogP contribution in [0.25, 0.3) is 0 Å². The van der Waals surface area contributed by atoms with Crippen molar-refractivity contribution in [2.45, 2.75) is 50.1 Å². The summed E-state index contributed by atoms with van der Waals surface area (Å²) >= 11 is 1.63. The molecule has 0 radical (unpaired) electrons. The van der Waals surface area contributed by atoms with Gasteiger partial charge in [-0.1, -0.05) is 37.1 Å². The third kappa shape index (κ3) is 3.96. The van der Waals surface area contributed by atoms with E-state index in [-0.39, 0.29) is 23.9 Å². The van der Waals surface area contributed by atoms with Gasteiger partial charge < -0.3 is 15.0 Å². The van der Waals surface area contributed by atoms with Crippen LogP contribution in [0.2, 0.25) is 0 Å². The minimum absolute atomic E-state index is 0.0116. The lowest BCUT2D eigenvalue weighted by Crippen LogP contribution is -2.50. The molecule has 0 bridgehead atoms. The molecule has 0 saturated heterocycles. The molecule has 1 aliphatic heterocycles. The van der Waals surface area contributed by atoms with E-state index < -0.39 is 5.92 Å². The van der Waals surface area contributed by atoms with Gasteiger partial charge in [-0.05, 0) is 42.3 Å². The quantitative estimate of drug-likeness (QED) is 0.696. The van der Waals surface area contributed by atoms with Crippen molar-refractivity contribution in [1.29, 1.82) is 0 Å². The van der Waals surface area contributed by atoms with Crippen molar-refractivity contribution in [2.24, 2.45) is 0 Å². The number of carbonyl (C=O) groups is 2. The number of benzene rings is 1. The molecule has 1 saturated carbocycles. The third-order valence-electron chi connectivity index (χ3n) is 6.04. The first-order chi connectivity index (χ1) is 14.2. The van der Waals surface area contributed by atoms with Crippen LogP contribution in [0.3, 0.4) is 0 Å². The third-order valence-corrected chi connectivity index (χ3v) is 6.98. The molecule has 0 unspecified atom stereocenters. The molecule has 154 valence electrons. The average Bonchev–Trinajstić information content (AvgIpc) is 3.45. The minimum atomic E-state index is -0.398. The molecule has 4 rings (SSSR count). The van der Waals surface area contributed by atoms with Crippen molar-refractivity contribution in [1.82, 2.24) is 10.2 Å². The largest absolute Gasteiger partial charge is 0.385 e. The van der Waals surface area contributed by atoms with Gasteiger partial charge in [0.15, 0.2) is 0 Å². The van der Waals surface area contributed by atoms with Gasteiger partial charge >= 0.3 is 0 Å². The van der Waals surface area contributed by atoms with Gasteiger partial charge in [-0.2, -0.15) is 0 Å². The fourth-order valence-electron chi connectivity index (χ4n) is 4.72. The van der Waals surface area contributed by atoms with Crippen LogP contribution in [-0.4, -0.2) is 43.0 Å². The van der Waals surface area contributed by atoms with Gasteiger partial charge in [0.25, 0.3) is 5.91 Å². The lowest BCUT2D eigenvalue weighted by Gasteiger charge is -2.44. The number of hydrogen-bond acceptors (Lipinski definition) is 4. The highest BCUT2D eigenvalue weighted by atomic mass is 32.1. The molecule has 1 N–H and O–H groups in total. The van der Waals surface area contributed by atoms with Crippen molar-refractivity contribution >= 4 is 23.2 Å². The summed E-state index contributed by atoms with van der Waals surface area (Å²) in [5.41, 5.74) is 1.51. The topological polar surface area (TPSA) is 58.6 Å². The number of amides is 2. The Hall–Kier alpha value is -2.18. The highest BCUT2D eigenvalue weighted by Gasteiger charge is 2.47. The molecule has 2 heterocycles.